The number of pyridine rings is 1. The molecule has 0 bridgehead atoms. The zero-order valence-electron chi connectivity index (χ0n) is 22.5. The van der Waals surface area contributed by atoms with E-state index in [9.17, 15) is 9.59 Å². The number of amides is 1. The number of halogens is 2. The topological polar surface area (TPSA) is 115 Å². The summed E-state index contributed by atoms with van der Waals surface area (Å²) in [6, 6.07) is 21.7. The fraction of sp³-hybridized carbons (Fsp3) is 0.267. The highest BCUT2D eigenvalue weighted by Gasteiger charge is 2.30. The van der Waals surface area contributed by atoms with E-state index >= 15 is 0 Å². The van der Waals surface area contributed by atoms with Crippen LogP contribution in [0.15, 0.2) is 77.7 Å². The largest absolute Gasteiger partial charge is 0.383 e. The van der Waals surface area contributed by atoms with Crippen LogP contribution in [0.1, 0.15) is 52.0 Å². The number of anilines is 2. The molecule has 0 saturated heterocycles. The Balaban J connectivity index is 0.00000220. The number of nitrogen functional groups attached to an aromatic ring is 1. The third-order valence-electron chi connectivity index (χ3n) is 7.24. The van der Waals surface area contributed by atoms with E-state index in [2.05, 4.69) is 44.9 Å². The van der Waals surface area contributed by atoms with Crippen LogP contribution in [0.4, 0.5) is 11.6 Å². The highest BCUT2D eigenvalue weighted by Crippen LogP contribution is 2.26. The Morgan fingerprint density at radius 2 is 1.68 bits per heavy atom. The van der Waals surface area contributed by atoms with Gasteiger partial charge in [-0.1, -0.05) is 60.7 Å². The van der Waals surface area contributed by atoms with Crippen LogP contribution in [0.2, 0.25) is 0 Å². The first-order chi connectivity index (χ1) is 18.4. The van der Waals surface area contributed by atoms with Crippen molar-refractivity contribution in [3.8, 4) is 0 Å². The number of aromatic nitrogens is 3. The lowest BCUT2D eigenvalue weighted by Gasteiger charge is -2.20. The molecular weight excluding hydrogens is 547 g/mol. The van der Waals surface area contributed by atoms with Gasteiger partial charge in [-0.3, -0.25) is 14.2 Å². The Kier molecular flexibility index (Phi) is 10.3. The molecule has 3 heterocycles. The van der Waals surface area contributed by atoms with Crippen LogP contribution < -0.4 is 21.9 Å². The summed E-state index contributed by atoms with van der Waals surface area (Å²) in [4.78, 5) is 35.5. The van der Waals surface area contributed by atoms with E-state index in [0.29, 0.717) is 31.7 Å². The smallest absolute Gasteiger partial charge is 0.294 e. The molecule has 0 spiro atoms. The quantitative estimate of drug-likeness (QED) is 0.277. The molecule has 1 atom stereocenters. The van der Waals surface area contributed by atoms with Crippen LogP contribution in [0.3, 0.4) is 0 Å². The molecule has 210 valence electrons. The highest BCUT2D eigenvalue weighted by molar-refractivity contribution is 5.85. The van der Waals surface area contributed by atoms with Gasteiger partial charge in [-0.2, -0.15) is 0 Å². The van der Waals surface area contributed by atoms with Gasteiger partial charge in [-0.15, -0.1) is 24.8 Å². The lowest BCUT2D eigenvalue weighted by atomic mass is 9.91. The number of carbonyl (C=O) groups excluding carboxylic acids is 1. The zero-order chi connectivity index (χ0) is 26.6. The number of hydrogen-bond acceptors (Lipinski definition) is 6. The molecule has 0 radical (unpaired) electrons. The number of aryl methyl sites for hydroxylation is 3. The molecule has 8 nitrogen and oxygen atoms in total. The second-order valence-corrected chi connectivity index (χ2v) is 9.74. The van der Waals surface area contributed by atoms with Gasteiger partial charge in [-0.25, -0.2) is 9.97 Å². The molecule has 0 aliphatic carbocycles. The first-order valence-corrected chi connectivity index (χ1v) is 12.9. The molecule has 1 aliphatic heterocycles. The first-order valence-electron chi connectivity index (χ1n) is 12.9. The van der Waals surface area contributed by atoms with E-state index in [1.54, 1.807) is 10.8 Å². The van der Waals surface area contributed by atoms with Crippen LogP contribution in [-0.2, 0) is 17.8 Å². The third-order valence-corrected chi connectivity index (χ3v) is 7.24. The van der Waals surface area contributed by atoms with Crippen LogP contribution in [0, 0.1) is 13.8 Å². The maximum atomic E-state index is 13.5. The summed E-state index contributed by atoms with van der Waals surface area (Å²) in [6.45, 7) is 4.58. The van der Waals surface area contributed by atoms with Gasteiger partial charge in [0, 0.05) is 36.6 Å². The summed E-state index contributed by atoms with van der Waals surface area (Å²) in [5, 5.41) is 6.27. The number of hydrogen-bond donors (Lipinski definition) is 3. The minimum absolute atomic E-state index is 0. The molecule has 2 aromatic heterocycles. The van der Waals surface area contributed by atoms with Gasteiger partial charge in [-0.05, 0) is 55.0 Å². The van der Waals surface area contributed by atoms with Crippen molar-refractivity contribution in [1.82, 2.24) is 19.9 Å². The average Bonchev–Trinajstić information content (AvgIpc) is 3.37. The second kappa shape index (κ2) is 13.5. The maximum Gasteiger partial charge on any atom is 0.294 e. The Bertz CT molecular complexity index is 1470. The van der Waals surface area contributed by atoms with Gasteiger partial charge in [0.2, 0.25) is 5.91 Å². The fourth-order valence-electron chi connectivity index (χ4n) is 5.07. The second-order valence-electron chi connectivity index (χ2n) is 9.74. The molecule has 1 amide bonds. The van der Waals surface area contributed by atoms with Crippen molar-refractivity contribution in [2.24, 2.45) is 0 Å². The molecule has 2 aromatic carbocycles. The summed E-state index contributed by atoms with van der Waals surface area (Å²) in [5.41, 5.74) is 11.2. The highest BCUT2D eigenvalue weighted by atomic mass is 35.5. The van der Waals surface area contributed by atoms with Crippen LogP contribution in [-0.4, -0.2) is 27.0 Å². The van der Waals surface area contributed by atoms with E-state index in [-0.39, 0.29) is 48.0 Å². The van der Waals surface area contributed by atoms with E-state index in [1.165, 1.54) is 0 Å². The molecule has 4 aromatic rings. The molecule has 5 rings (SSSR count). The number of fused-ring (bicyclic) bond motifs is 1. The Hall–Kier alpha value is -3.88. The van der Waals surface area contributed by atoms with Gasteiger partial charge in [0.05, 0.1) is 0 Å². The number of nitrogens with two attached hydrogens (primary N) is 1. The summed E-state index contributed by atoms with van der Waals surface area (Å²) in [5.74, 6) is 0.585. The van der Waals surface area contributed by atoms with Crippen molar-refractivity contribution >= 4 is 42.4 Å². The van der Waals surface area contributed by atoms with Crippen molar-refractivity contribution < 1.29 is 4.79 Å². The number of rotatable bonds is 8. The molecule has 10 heteroatoms. The predicted molar refractivity (Wildman–Crippen MR) is 164 cm³/mol. The fourth-order valence-corrected chi connectivity index (χ4v) is 5.07. The summed E-state index contributed by atoms with van der Waals surface area (Å²) in [7, 11) is 0. The van der Waals surface area contributed by atoms with Crippen molar-refractivity contribution in [1.29, 1.82) is 0 Å². The summed E-state index contributed by atoms with van der Waals surface area (Å²) in [6.07, 6.45) is 2.88. The van der Waals surface area contributed by atoms with E-state index in [4.69, 9.17) is 5.73 Å². The monoisotopic (exact) mass is 580 g/mol. The maximum absolute atomic E-state index is 13.5. The van der Waals surface area contributed by atoms with E-state index < -0.39 is 6.04 Å². The van der Waals surface area contributed by atoms with Crippen molar-refractivity contribution in [2.45, 2.75) is 45.2 Å². The van der Waals surface area contributed by atoms with E-state index in [0.717, 1.165) is 33.6 Å². The standard InChI is InChI=1S/C30H32N6O2.2ClH/c1-19-15-23(20(2)35-27(19)31)16-34-29(37)26-14-13-24-17-32-28(30(38)36(24)26)33-18-25(21-9-5-3-6-10-21)22-11-7-4-8-12-22;;/h3-12,15,17,25-26H,13-14,16,18H2,1-2H3,(H2,31,35)(H,32,33)(H,34,37);2*1H/t26-;;/m0../s1. The molecule has 40 heavy (non-hydrogen) atoms. The predicted octanol–water partition coefficient (Wildman–Crippen LogP) is 4.73. The van der Waals surface area contributed by atoms with Gasteiger partial charge in [0.1, 0.15) is 11.9 Å². The molecule has 4 N–H and O–H groups in total. The third kappa shape index (κ3) is 6.46. The van der Waals surface area contributed by atoms with Crippen LogP contribution in [0.25, 0.3) is 0 Å². The SMILES string of the molecule is Cc1cc(CNC(=O)[C@@H]2CCc3cnc(NCC(c4ccccc4)c4ccccc4)c(=O)n32)c(C)nc1N.Cl.Cl. The first kappa shape index (κ1) is 30.7. The Morgan fingerprint density at radius 1 is 1.05 bits per heavy atom. The lowest BCUT2D eigenvalue weighted by molar-refractivity contribution is -0.124. The number of carbonyl (C=O) groups is 1. The van der Waals surface area contributed by atoms with Crippen LogP contribution in [0.5, 0.6) is 0 Å². The molecule has 0 saturated carbocycles. The minimum Gasteiger partial charge on any atom is -0.383 e. The van der Waals surface area contributed by atoms with Gasteiger partial charge in [0.15, 0.2) is 5.82 Å². The Labute approximate surface area is 246 Å². The average molecular weight is 582 g/mol. The lowest BCUT2D eigenvalue weighted by Crippen LogP contribution is -2.36. The minimum atomic E-state index is -0.580. The van der Waals surface area contributed by atoms with Crippen molar-refractivity contribution in [2.75, 3.05) is 17.6 Å². The van der Waals surface area contributed by atoms with Crippen molar-refractivity contribution in [3.05, 3.63) is 117 Å². The van der Waals surface area contributed by atoms with Crippen LogP contribution >= 0.6 is 24.8 Å². The van der Waals surface area contributed by atoms with Gasteiger partial charge >= 0.3 is 0 Å². The zero-order valence-corrected chi connectivity index (χ0v) is 24.1. The summed E-state index contributed by atoms with van der Waals surface area (Å²) >= 11 is 0. The van der Waals surface area contributed by atoms with E-state index in [1.807, 2.05) is 56.3 Å². The number of nitrogens with one attached hydrogen (secondary N) is 2. The normalized spacial score (nSPS) is 13.6. The molecular formula is C30H34Cl2N6O2. The molecule has 1 aliphatic rings. The number of nitrogens with zero attached hydrogens (tertiary/aromatic N) is 3. The molecule has 0 fully saturated rings. The van der Waals surface area contributed by atoms with Gasteiger partial charge < -0.3 is 16.4 Å². The Morgan fingerprint density at radius 3 is 2.30 bits per heavy atom. The summed E-state index contributed by atoms with van der Waals surface area (Å²) < 4.78 is 1.59. The molecule has 0 unspecified atom stereocenters. The van der Waals surface area contributed by atoms with Gasteiger partial charge in [0.25, 0.3) is 5.56 Å². The van der Waals surface area contributed by atoms with Crippen molar-refractivity contribution in [3.63, 3.8) is 0 Å². The number of benzene rings is 2.